The zero-order valence-electron chi connectivity index (χ0n) is 13.1. The molecule has 0 atom stereocenters. The quantitative estimate of drug-likeness (QED) is 0.822. The van der Waals surface area contributed by atoms with Gasteiger partial charge in [-0.05, 0) is 45.1 Å². The van der Waals surface area contributed by atoms with Crippen LogP contribution in [-0.2, 0) is 10.2 Å². The molecule has 2 rings (SSSR count). The summed E-state index contributed by atoms with van der Waals surface area (Å²) in [7, 11) is 0. The zero-order valence-corrected chi connectivity index (χ0v) is 14.7. The number of hydrogen-bond donors (Lipinski definition) is 2. The minimum atomic E-state index is -0.0735. The van der Waals surface area contributed by atoms with E-state index >= 15 is 0 Å². The number of amides is 1. The van der Waals surface area contributed by atoms with Gasteiger partial charge in [-0.1, -0.05) is 51.1 Å². The molecule has 22 heavy (non-hydrogen) atoms. The van der Waals surface area contributed by atoms with Gasteiger partial charge in [0.15, 0.2) is 0 Å². The fourth-order valence-electron chi connectivity index (χ4n) is 2.22. The average Bonchev–Trinajstić information content (AvgIpc) is 2.47. The second-order valence-electron chi connectivity index (χ2n) is 6.18. The fourth-order valence-corrected chi connectivity index (χ4v) is 2.61. The van der Waals surface area contributed by atoms with Crippen LogP contribution in [0, 0.1) is 0 Å². The number of carbonyl (C=O) groups excluding carboxylic acids is 1. The molecular weight excluding hydrogens is 340 g/mol. The second kappa shape index (κ2) is 6.97. The Morgan fingerprint density at radius 3 is 2.23 bits per heavy atom. The minimum absolute atomic E-state index is 0.0303. The van der Waals surface area contributed by atoms with Crippen molar-refractivity contribution in [2.45, 2.75) is 26.2 Å². The van der Waals surface area contributed by atoms with Crippen LogP contribution in [0.5, 0.6) is 0 Å². The highest BCUT2D eigenvalue weighted by Gasteiger charge is 2.17. The highest BCUT2D eigenvalue weighted by molar-refractivity contribution is 9.10. The van der Waals surface area contributed by atoms with Gasteiger partial charge in [0.1, 0.15) is 0 Å². The molecule has 2 aromatic rings. The summed E-state index contributed by atoms with van der Waals surface area (Å²) in [4.78, 5) is 12.1. The van der Waals surface area contributed by atoms with Crippen LogP contribution < -0.4 is 10.6 Å². The van der Waals surface area contributed by atoms with Gasteiger partial charge < -0.3 is 10.6 Å². The lowest BCUT2D eigenvalue weighted by Gasteiger charge is -2.23. The number of anilines is 2. The Hall–Kier alpha value is -1.81. The van der Waals surface area contributed by atoms with E-state index in [9.17, 15) is 4.79 Å². The Morgan fingerprint density at radius 1 is 1.00 bits per heavy atom. The van der Waals surface area contributed by atoms with E-state index in [1.54, 1.807) is 0 Å². The summed E-state index contributed by atoms with van der Waals surface area (Å²) in [5.74, 6) is -0.0735. The van der Waals surface area contributed by atoms with Crippen molar-refractivity contribution in [3.63, 3.8) is 0 Å². The molecule has 0 saturated carbocycles. The van der Waals surface area contributed by atoms with Crippen LogP contribution in [0.3, 0.4) is 0 Å². The van der Waals surface area contributed by atoms with Crippen LogP contribution in [0.4, 0.5) is 11.4 Å². The van der Waals surface area contributed by atoms with Crippen molar-refractivity contribution in [2.24, 2.45) is 0 Å². The first kappa shape index (κ1) is 16.6. The van der Waals surface area contributed by atoms with Crippen molar-refractivity contribution in [3.8, 4) is 0 Å². The van der Waals surface area contributed by atoms with E-state index in [-0.39, 0.29) is 17.9 Å². The van der Waals surface area contributed by atoms with Gasteiger partial charge in [-0.25, -0.2) is 0 Å². The topological polar surface area (TPSA) is 41.1 Å². The molecule has 2 N–H and O–H groups in total. The van der Waals surface area contributed by atoms with Crippen LogP contribution >= 0.6 is 15.9 Å². The largest absolute Gasteiger partial charge is 0.376 e. The third kappa shape index (κ3) is 4.34. The highest BCUT2D eigenvalue weighted by Crippen LogP contribution is 2.29. The number of halogens is 1. The Kier molecular flexibility index (Phi) is 5.24. The summed E-state index contributed by atoms with van der Waals surface area (Å²) < 4.78 is 0.874. The molecule has 0 fully saturated rings. The summed E-state index contributed by atoms with van der Waals surface area (Å²) in [6.45, 7) is 6.71. The summed E-state index contributed by atoms with van der Waals surface area (Å²) in [6, 6.07) is 15.7. The van der Waals surface area contributed by atoms with Gasteiger partial charge in [0.2, 0.25) is 5.91 Å². The van der Waals surface area contributed by atoms with E-state index in [4.69, 9.17) is 0 Å². The Labute approximate surface area is 140 Å². The second-order valence-corrected chi connectivity index (χ2v) is 7.03. The SMILES string of the molecule is CC(C)(C)c1ccccc1NCC(=O)Nc1ccccc1Br. The normalized spacial score (nSPS) is 11.1. The average molecular weight is 361 g/mol. The molecule has 4 heteroatoms. The molecule has 0 aliphatic rings. The molecule has 2 aromatic carbocycles. The predicted molar refractivity (Wildman–Crippen MR) is 96.4 cm³/mol. The van der Waals surface area contributed by atoms with Gasteiger partial charge in [0, 0.05) is 10.2 Å². The van der Waals surface area contributed by atoms with Gasteiger partial charge in [0.25, 0.3) is 0 Å². The van der Waals surface area contributed by atoms with Crippen molar-refractivity contribution in [1.82, 2.24) is 0 Å². The Morgan fingerprint density at radius 2 is 1.59 bits per heavy atom. The summed E-state index contributed by atoms with van der Waals surface area (Å²) >= 11 is 3.42. The first-order chi connectivity index (χ1) is 10.4. The molecule has 0 aromatic heterocycles. The maximum Gasteiger partial charge on any atom is 0.243 e. The van der Waals surface area contributed by atoms with Crippen LogP contribution in [-0.4, -0.2) is 12.5 Å². The number of rotatable bonds is 4. The molecule has 1 amide bonds. The monoisotopic (exact) mass is 360 g/mol. The first-order valence-electron chi connectivity index (χ1n) is 7.25. The van der Waals surface area contributed by atoms with E-state index in [2.05, 4.69) is 53.4 Å². The lowest BCUT2D eigenvalue weighted by Crippen LogP contribution is -2.23. The lowest BCUT2D eigenvalue weighted by atomic mass is 9.86. The zero-order chi connectivity index (χ0) is 16.2. The van der Waals surface area contributed by atoms with Gasteiger partial charge in [-0.15, -0.1) is 0 Å². The van der Waals surface area contributed by atoms with E-state index in [1.165, 1.54) is 5.56 Å². The maximum absolute atomic E-state index is 12.1. The molecule has 3 nitrogen and oxygen atoms in total. The molecule has 0 saturated heterocycles. The molecule has 0 spiro atoms. The predicted octanol–water partition coefficient (Wildman–Crippen LogP) is 4.80. The molecule has 0 bridgehead atoms. The number of carbonyl (C=O) groups is 1. The highest BCUT2D eigenvalue weighted by atomic mass is 79.9. The van der Waals surface area contributed by atoms with Crippen molar-refractivity contribution in [1.29, 1.82) is 0 Å². The van der Waals surface area contributed by atoms with Crippen LogP contribution in [0.25, 0.3) is 0 Å². The Balaban J connectivity index is 2.02. The number of hydrogen-bond acceptors (Lipinski definition) is 2. The summed E-state index contributed by atoms with van der Waals surface area (Å²) in [5, 5.41) is 6.12. The van der Waals surface area contributed by atoms with Crippen molar-refractivity contribution in [3.05, 3.63) is 58.6 Å². The third-order valence-corrected chi connectivity index (χ3v) is 4.01. The van der Waals surface area contributed by atoms with Gasteiger partial charge in [-0.2, -0.15) is 0 Å². The number of para-hydroxylation sites is 2. The lowest BCUT2D eigenvalue weighted by molar-refractivity contribution is -0.114. The molecule has 0 radical (unpaired) electrons. The van der Waals surface area contributed by atoms with Crippen LogP contribution in [0.15, 0.2) is 53.0 Å². The minimum Gasteiger partial charge on any atom is -0.376 e. The molecule has 0 unspecified atom stereocenters. The fraction of sp³-hybridized carbons (Fsp3) is 0.278. The first-order valence-corrected chi connectivity index (χ1v) is 8.05. The van der Waals surface area contributed by atoms with E-state index in [1.807, 2.05) is 42.5 Å². The van der Waals surface area contributed by atoms with Crippen molar-refractivity contribution >= 4 is 33.2 Å². The van der Waals surface area contributed by atoms with E-state index < -0.39 is 0 Å². The van der Waals surface area contributed by atoms with Crippen molar-refractivity contribution < 1.29 is 4.79 Å². The molecular formula is C18H21BrN2O. The molecule has 116 valence electrons. The summed E-state index contributed by atoms with van der Waals surface area (Å²) in [6.07, 6.45) is 0. The number of nitrogens with one attached hydrogen (secondary N) is 2. The standard InChI is InChI=1S/C18H21BrN2O/c1-18(2,3)13-8-4-6-10-15(13)20-12-17(22)21-16-11-7-5-9-14(16)19/h4-11,20H,12H2,1-3H3,(H,21,22). The van der Waals surface area contributed by atoms with E-state index in [0.717, 1.165) is 15.8 Å². The maximum atomic E-state index is 12.1. The van der Waals surface area contributed by atoms with Gasteiger partial charge in [0.05, 0.1) is 12.2 Å². The smallest absolute Gasteiger partial charge is 0.243 e. The van der Waals surface area contributed by atoms with Crippen LogP contribution in [0.2, 0.25) is 0 Å². The third-order valence-electron chi connectivity index (χ3n) is 3.32. The molecule has 0 heterocycles. The van der Waals surface area contributed by atoms with Gasteiger partial charge >= 0.3 is 0 Å². The number of benzene rings is 2. The van der Waals surface area contributed by atoms with Crippen LogP contribution in [0.1, 0.15) is 26.3 Å². The van der Waals surface area contributed by atoms with Crippen molar-refractivity contribution in [2.75, 3.05) is 17.2 Å². The Bertz CT molecular complexity index is 662. The molecule has 0 aliphatic carbocycles. The summed E-state index contributed by atoms with van der Waals surface area (Å²) in [5.41, 5.74) is 3.00. The van der Waals surface area contributed by atoms with Gasteiger partial charge in [-0.3, -0.25) is 4.79 Å². The molecule has 0 aliphatic heterocycles. The van der Waals surface area contributed by atoms with E-state index in [0.29, 0.717) is 0 Å².